The maximum Gasteiger partial charge on any atom is 0.311 e. The first kappa shape index (κ1) is 16.4. The normalized spacial score (nSPS) is 12.8. The van der Waals surface area contributed by atoms with Gasteiger partial charge in [-0.05, 0) is 17.4 Å². The van der Waals surface area contributed by atoms with E-state index in [4.69, 9.17) is 11.6 Å². The molecule has 1 N–H and O–H groups in total. The van der Waals surface area contributed by atoms with E-state index in [1.54, 1.807) is 0 Å². The smallest absolute Gasteiger partial charge is 0.305 e. The fourth-order valence-corrected chi connectivity index (χ4v) is 1.58. The van der Waals surface area contributed by atoms with Crippen LogP contribution >= 0.6 is 11.6 Å². The van der Waals surface area contributed by atoms with Crippen molar-refractivity contribution in [3.8, 4) is 0 Å². The molecular formula is C13H18ClN3O3. The molecule has 0 saturated heterocycles. The number of halogens is 1. The molecule has 6 nitrogen and oxygen atoms in total. The molecule has 0 aromatic carbocycles. The maximum absolute atomic E-state index is 11.9. The summed E-state index contributed by atoms with van der Waals surface area (Å²) < 4.78 is 0. The van der Waals surface area contributed by atoms with Gasteiger partial charge in [0.2, 0.25) is 11.7 Å². The van der Waals surface area contributed by atoms with Gasteiger partial charge in [-0.15, -0.1) is 0 Å². The van der Waals surface area contributed by atoms with E-state index in [0.717, 1.165) is 0 Å². The van der Waals surface area contributed by atoms with Gasteiger partial charge in [0, 0.05) is 12.5 Å². The Labute approximate surface area is 122 Å². The summed E-state index contributed by atoms with van der Waals surface area (Å²) in [7, 11) is 0. The standard InChI is InChI=1S/C13H18ClN3O3/c1-8(13(2,3)4)7-11(18)16-12-9(17(19)20)5-6-10(14)15-12/h5-6,8H,7H2,1-4H3,(H,15,16,18). The van der Waals surface area contributed by atoms with Gasteiger partial charge >= 0.3 is 5.69 Å². The summed E-state index contributed by atoms with van der Waals surface area (Å²) in [5.41, 5.74) is -0.295. The first-order valence-corrected chi connectivity index (χ1v) is 6.60. The summed E-state index contributed by atoms with van der Waals surface area (Å²) in [5, 5.41) is 13.4. The molecule has 0 aliphatic heterocycles. The van der Waals surface area contributed by atoms with Gasteiger partial charge in [0.25, 0.3) is 0 Å². The average Bonchev–Trinajstić information content (AvgIpc) is 2.26. The van der Waals surface area contributed by atoms with Crippen LogP contribution in [0, 0.1) is 21.4 Å². The summed E-state index contributed by atoms with van der Waals surface area (Å²) in [5.74, 6) is -0.306. The lowest BCUT2D eigenvalue weighted by molar-refractivity contribution is -0.384. The van der Waals surface area contributed by atoms with Crippen molar-refractivity contribution in [3.63, 3.8) is 0 Å². The molecule has 1 unspecified atom stereocenters. The lowest BCUT2D eigenvalue weighted by Crippen LogP contribution is -2.24. The van der Waals surface area contributed by atoms with Crippen LogP contribution in [-0.2, 0) is 4.79 Å². The van der Waals surface area contributed by atoms with Crippen LogP contribution in [0.4, 0.5) is 11.5 Å². The lowest BCUT2D eigenvalue weighted by Gasteiger charge is -2.26. The van der Waals surface area contributed by atoms with Crippen LogP contribution in [0.15, 0.2) is 12.1 Å². The van der Waals surface area contributed by atoms with Gasteiger partial charge < -0.3 is 5.32 Å². The highest BCUT2D eigenvalue weighted by atomic mass is 35.5. The second-order valence-corrected chi connectivity index (χ2v) is 6.17. The Morgan fingerprint density at radius 3 is 2.60 bits per heavy atom. The molecule has 7 heteroatoms. The molecule has 0 saturated carbocycles. The third kappa shape index (κ3) is 4.45. The van der Waals surface area contributed by atoms with Gasteiger partial charge in [0.15, 0.2) is 0 Å². The zero-order valence-corrected chi connectivity index (χ0v) is 12.7. The minimum atomic E-state index is -0.605. The average molecular weight is 300 g/mol. The van der Waals surface area contributed by atoms with E-state index in [2.05, 4.69) is 10.3 Å². The quantitative estimate of drug-likeness (QED) is 0.522. The molecule has 110 valence electrons. The number of pyridine rings is 1. The van der Waals surface area contributed by atoms with Crippen LogP contribution in [-0.4, -0.2) is 15.8 Å². The lowest BCUT2D eigenvalue weighted by atomic mass is 9.80. The van der Waals surface area contributed by atoms with Crippen molar-refractivity contribution >= 4 is 29.0 Å². The van der Waals surface area contributed by atoms with Crippen LogP contribution in [0.1, 0.15) is 34.1 Å². The Hall–Kier alpha value is -1.69. The summed E-state index contributed by atoms with van der Waals surface area (Å²) in [6.45, 7) is 8.06. The van der Waals surface area contributed by atoms with E-state index < -0.39 is 4.92 Å². The summed E-state index contributed by atoms with van der Waals surface area (Å²) in [6, 6.07) is 2.53. The Bertz CT molecular complexity index is 526. The first-order chi connectivity index (χ1) is 9.11. The minimum absolute atomic E-state index is 0.0228. The second-order valence-electron chi connectivity index (χ2n) is 5.78. The van der Waals surface area contributed by atoms with E-state index in [9.17, 15) is 14.9 Å². The Morgan fingerprint density at radius 2 is 2.10 bits per heavy atom. The van der Waals surface area contributed by atoms with Gasteiger partial charge in [-0.25, -0.2) is 4.98 Å². The zero-order chi connectivity index (χ0) is 15.5. The molecule has 1 aromatic heterocycles. The van der Waals surface area contributed by atoms with E-state index in [-0.39, 0.29) is 40.3 Å². The monoisotopic (exact) mass is 299 g/mol. The number of hydrogen-bond acceptors (Lipinski definition) is 4. The van der Waals surface area contributed by atoms with Crippen LogP contribution in [0.5, 0.6) is 0 Å². The molecule has 1 heterocycles. The Kier molecular flexibility index (Phi) is 5.05. The summed E-state index contributed by atoms with van der Waals surface area (Å²) in [6.07, 6.45) is 0.259. The number of anilines is 1. The molecule has 1 amide bonds. The van der Waals surface area contributed by atoms with Crippen molar-refractivity contribution in [3.05, 3.63) is 27.4 Å². The molecular weight excluding hydrogens is 282 g/mol. The number of nitro groups is 1. The predicted octanol–water partition coefficient (Wildman–Crippen LogP) is 3.65. The van der Waals surface area contributed by atoms with E-state index in [0.29, 0.717) is 0 Å². The van der Waals surface area contributed by atoms with E-state index in [1.807, 2.05) is 27.7 Å². The summed E-state index contributed by atoms with van der Waals surface area (Å²) >= 11 is 5.70. The number of nitrogens with zero attached hydrogens (tertiary/aromatic N) is 2. The fourth-order valence-electron chi connectivity index (χ4n) is 1.43. The molecule has 1 rings (SSSR count). The topological polar surface area (TPSA) is 85.1 Å². The first-order valence-electron chi connectivity index (χ1n) is 6.22. The highest BCUT2D eigenvalue weighted by Crippen LogP contribution is 2.29. The van der Waals surface area contributed by atoms with E-state index in [1.165, 1.54) is 12.1 Å². The number of aromatic nitrogens is 1. The van der Waals surface area contributed by atoms with E-state index >= 15 is 0 Å². The number of carbonyl (C=O) groups is 1. The van der Waals surface area contributed by atoms with Crippen LogP contribution in [0.3, 0.4) is 0 Å². The number of nitrogens with one attached hydrogen (secondary N) is 1. The minimum Gasteiger partial charge on any atom is -0.305 e. The van der Waals surface area contributed by atoms with Gasteiger partial charge in [-0.1, -0.05) is 39.3 Å². The van der Waals surface area contributed by atoms with Gasteiger partial charge in [0.1, 0.15) is 5.15 Å². The van der Waals surface area contributed by atoms with Crippen molar-refractivity contribution < 1.29 is 9.72 Å². The number of rotatable bonds is 4. The Balaban J connectivity index is 2.86. The maximum atomic E-state index is 11.9. The van der Waals surface area contributed by atoms with Crippen LogP contribution in [0.25, 0.3) is 0 Å². The van der Waals surface area contributed by atoms with Crippen molar-refractivity contribution in [1.29, 1.82) is 0 Å². The molecule has 0 spiro atoms. The van der Waals surface area contributed by atoms with Crippen molar-refractivity contribution in [2.75, 3.05) is 5.32 Å². The third-order valence-corrected chi connectivity index (χ3v) is 3.47. The van der Waals surface area contributed by atoms with Crippen LogP contribution in [0.2, 0.25) is 5.15 Å². The molecule has 1 atom stereocenters. The molecule has 0 radical (unpaired) electrons. The highest BCUT2D eigenvalue weighted by Gasteiger charge is 2.24. The molecule has 0 aliphatic carbocycles. The molecule has 0 fully saturated rings. The second kappa shape index (κ2) is 6.17. The van der Waals surface area contributed by atoms with Crippen molar-refractivity contribution in [1.82, 2.24) is 4.98 Å². The summed E-state index contributed by atoms with van der Waals surface area (Å²) in [4.78, 5) is 26.0. The van der Waals surface area contributed by atoms with Crippen LogP contribution < -0.4 is 5.32 Å². The number of amides is 1. The third-order valence-electron chi connectivity index (χ3n) is 3.26. The zero-order valence-electron chi connectivity index (χ0n) is 11.9. The largest absolute Gasteiger partial charge is 0.311 e. The molecule has 20 heavy (non-hydrogen) atoms. The Morgan fingerprint density at radius 1 is 1.50 bits per heavy atom. The SMILES string of the molecule is CC(CC(=O)Nc1nc(Cl)ccc1[N+](=O)[O-])C(C)(C)C. The number of hydrogen-bond donors (Lipinski definition) is 1. The van der Waals surface area contributed by atoms with Gasteiger partial charge in [0.05, 0.1) is 4.92 Å². The van der Waals surface area contributed by atoms with Crippen molar-refractivity contribution in [2.45, 2.75) is 34.1 Å². The predicted molar refractivity (Wildman–Crippen MR) is 77.8 cm³/mol. The molecule has 0 aliphatic rings. The highest BCUT2D eigenvalue weighted by molar-refractivity contribution is 6.29. The molecule has 1 aromatic rings. The van der Waals surface area contributed by atoms with Gasteiger partial charge in [-0.2, -0.15) is 0 Å². The number of carbonyl (C=O) groups excluding carboxylic acids is 1. The fraction of sp³-hybridized carbons (Fsp3) is 0.538. The van der Waals surface area contributed by atoms with Crippen molar-refractivity contribution in [2.24, 2.45) is 11.3 Å². The molecule has 0 bridgehead atoms. The van der Waals surface area contributed by atoms with Gasteiger partial charge in [-0.3, -0.25) is 14.9 Å².